The highest BCUT2D eigenvalue weighted by atomic mass is 16.5. The fraction of sp³-hybridized carbons (Fsp3) is 0.562. The normalized spacial score (nSPS) is 18.0. The van der Waals surface area contributed by atoms with Gasteiger partial charge in [0, 0.05) is 25.4 Å². The van der Waals surface area contributed by atoms with Gasteiger partial charge in [-0.15, -0.1) is 0 Å². The minimum Gasteiger partial charge on any atom is -0.475 e. The van der Waals surface area contributed by atoms with E-state index in [9.17, 15) is 9.59 Å². The lowest BCUT2D eigenvalue weighted by Gasteiger charge is -2.15. The van der Waals surface area contributed by atoms with E-state index in [0.29, 0.717) is 25.4 Å². The molecule has 0 aliphatic carbocycles. The number of nitrogens with one attached hydrogen (secondary N) is 3. The molecule has 126 valence electrons. The lowest BCUT2D eigenvalue weighted by Crippen LogP contribution is -2.48. The van der Waals surface area contributed by atoms with Gasteiger partial charge < -0.3 is 20.7 Å². The Hall–Kier alpha value is -2.31. The molecule has 7 nitrogen and oxygen atoms in total. The maximum Gasteiger partial charge on any atom is 0.315 e. The fourth-order valence-corrected chi connectivity index (χ4v) is 2.30. The maximum absolute atomic E-state index is 11.9. The van der Waals surface area contributed by atoms with Crippen molar-refractivity contribution in [2.75, 3.05) is 6.54 Å². The zero-order valence-corrected chi connectivity index (χ0v) is 13.6. The standard InChI is InChI=1S/C16H24N4O3/c1-11(2)23-14-7-6-12(9-18-14)10-19-16(22)20-13-5-3-4-8-17-15(13)21/h6-7,9,11,13H,3-5,8,10H2,1-2H3,(H,17,21)(H2,19,20,22). The van der Waals surface area contributed by atoms with Crippen molar-refractivity contribution in [3.63, 3.8) is 0 Å². The first kappa shape index (κ1) is 17.1. The predicted molar refractivity (Wildman–Crippen MR) is 86.0 cm³/mol. The van der Waals surface area contributed by atoms with E-state index >= 15 is 0 Å². The highest BCUT2D eigenvalue weighted by molar-refractivity contribution is 5.87. The van der Waals surface area contributed by atoms with Crippen molar-refractivity contribution in [1.82, 2.24) is 20.9 Å². The molecule has 1 aromatic heterocycles. The summed E-state index contributed by atoms with van der Waals surface area (Å²) in [5, 5.41) is 8.24. The molecule has 3 N–H and O–H groups in total. The quantitative estimate of drug-likeness (QED) is 0.763. The third-order valence-corrected chi connectivity index (χ3v) is 3.45. The topological polar surface area (TPSA) is 92.4 Å². The summed E-state index contributed by atoms with van der Waals surface area (Å²) >= 11 is 0. The van der Waals surface area contributed by atoms with Gasteiger partial charge in [-0.1, -0.05) is 6.07 Å². The molecule has 2 rings (SSSR count). The number of carbonyl (C=O) groups excluding carboxylic acids is 2. The smallest absolute Gasteiger partial charge is 0.315 e. The third kappa shape index (κ3) is 5.77. The van der Waals surface area contributed by atoms with Crippen molar-refractivity contribution in [2.24, 2.45) is 0 Å². The molecule has 3 amide bonds. The van der Waals surface area contributed by atoms with Crippen LogP contribution in [0, 0.1) is 0 Å². The first-order valence-corrected chi connectivity index (χ1v) is 7.98. The zero-order valence-electron chi connectivity index (χ0n) is 13.6. The molecule has 1 unspecified atom stereocenters. The average molecular weight is 320 g/mol. The second-order valence-corrected chi connectivity index (χ2v) is 5.84. The number of rotatable bonds is 5. The van der Waals surface area contributed by atoms with Crippen LogP contribution in [0.2, 0.25) is 0 Å². The number of ether oxygens (including phenoxy) is 1. The van der Waals surface area contributed by atoms with Crippen LogP contribution < -0.4 is 20.7 Å². The Morgan fingerprint density at radius 3 is 2.96 bits per heavy atom. The molecular formula is C16H24N4O3. The minimum absolute atomic E-state index is 0.0722. The van der Waals surface area contributed by atoms with Gasteiger partial charge in [0.1, 0.15) is 6.04 Å². The highest BCUT2D eigenvalue weighted by Gasteiger charge is 2.22. The molecule has 23 heavy (non-hydrogen) atoms. The molecule has 0 bridgehead atoms. The van der Waals surface area contributed by atoms with Crippen LogP contribution >= 0.6 is 0 Å². The van der Waals surface area contributed by atoms with Crippen LogP contribution in [0.1, 0.15) is 38.7 Å². The summed E-state index contributed by atoms with van der Waals surface area (Å²) in [6.07, 6.45) is 4.27. The number of nitrogens with zero attached hydrogens (tertiary/aromatic N) is 1. The Balaban J connectivity index is 1.78. The molecule has 0 saturated carbocycles. The average Bonchev–Trinajstić information content (AvgIpc) is 2.71. The molecule has 1 aliphatic rings. The van der Waals surface area contributed by atoms with Gasteiger partial charge in [-0.05, 0) is 38.7 Å². The van der Waals surface area contributed by atoms with Crippen LogP contribution in [-0.2, 0) is 11.3 Å². The van der Waals surface area contributed by atoms with E-state index in [1.165, 1.54) is 0 Å². The van der Waals surface area contributed by atoms with Crippen LogP contribution in [0.5, 0.6) is 5.88 Å². The number of hydrogen-bond donors (Lipinski definition) is 3. The van der Waals surface area contributed by atoms with Gasteiger partial charge in [-0.3, -0.25) is 4.79 Å². The summed E-state index contributed by atoms with van der Waals surface area (Å²) in [5.74, 6) is 0.442. The van der Waals surface area contributed by atoms with Gasteiger partial charge in [0.2, 0.25) is 11.8 Å². The Bertz CT molecular complexity index is 531. The lowest BCUT2D eigenvalue weighted by atomic mass is 10.1. The molecule has 1 atom stereocenters. The highest BCUT2D eigenvalue weighted by Crippen LogP contribution is 2.09. The van der Waals surface area contributed by atoms with Crippen molar-refractivity contribution in [1.29, 1.82) is 0 Å². The summed E-state index contributed by atoms with van der Waals surface area (Å²) in [5.41, 5.74) is 0.863. The van der Waals surface area contributed by atoms with E-state index in [1.54, 1.807) is 12.3 Å². The van der Waals surface area contributed by atoms with Crippen molar-refractivity contribution >= 4 is 11.9 Å². The van der Waals surface area contributed by atoms with Crippen LogP contribution in [0.25, 0.3) is 0 Å². The number of pyridine rings is 1. The van der Waals surface area contributed by atoms with Crippen LogP contribution in [-0.4, -0.2) is 35.6 Å². The monoisotopic (exact) mass is 320 g/mol. The fourth-order valence-electron chi connectivity index (χ4n) is 2.30. The van der Waals surface area contributed by atoms with Crippen molar-refractivity contribution in [3.8, 4) is 5.88 Å². The summed E-state index contributed by atoms with van der Waals surface area (Å²) in [6.45, 7) is 4.89. The summed E-state index contributed by atoms with van der Waals surface area (Å²) in [4.78, 5) is 27.9. The summed E-state index contributed by atoms with van der Waals surface area (Å²) < 4.78 is 5.46. The van der Waals surface area contributed by atoms with E-state index in [1.807, 2.05) is 19.9 Å². The molecule has 0 aromatic carbocycles. The Labute approximate surface area is 136 Å². The summed E-state index contributed by atoms with van der Waals surface area (Å²) in [7, 11) is 0. The van der Waals surface area contributed by atoms with E-state index in [-0.39, 0.29) is 18.0 Å². The van der Waals surface area contributed by atoms with Gasteiger partial charge in [0.25, 0.3) is 0 Å². The number of hydrogen-bond acceptors (Lipinski definition) is 4. The molecule has 1 aliphatic heterocycles. The second kappa shape index (κ2) is 8.36. The van der Waals surface area contributed by atoms with Crippen molar-refractivity contribution in [3.05, 3.63) is 23.9 Å². The predicted octanol–water partition coefficient (Wildman–Crippen LogP) is 1.34. The number of aromatic nitrogens is 1. The molecule has 1 fully saturated rings. The molecule has 1 saturated heterocycles. The van der Waals surface area contributed by atoms with Crippen LogP contribution in [0.15, 0.2) is 18.3 Å². The molecule has 0 spiro atoms. The lowest BCUT2D eigenvalue weighted by molar-refractivity contribution is -0.122. The van der Waals surface area contributed by atoms with E-state index in [4.69, 9.17) is 4.74 Å². The van der Waals surface area contributed by atoms with E-state index in [0.717, 1.165) is 18.4 Å². The minimum atomic E-state index is -0.461. The largest absolute Gasteiger partial charge is 0.475 e. The second-order valence-electron chi connectivity index (χ2n) is 5.84. The molecule has 2 heterocycles. The zero-order chi connectivity index (χ0) is 16.7. The Morgan fingerprint density at radius 1 is 1.43 bits per heavy atom. The van der Waals surface area contributed by atoms with E-state index in [2.05, 4.69) is 20.9 Å². The van der Waals surface area contributed by atoms with Gasteiger partial charge >= 0.3 is 6.03 Å². The van der Waals surface area contributed by atoms with Gasteiger partial charge in [0.15, 0.2) is 0 Å². The van der Waals surface area contributed by atoms with Gasteiger partial charge in [-0.25, -0.2) is 9.78 Å². The van der Waals surface area contributed by atoms with Gasteiger partial charge in [-0.2, -0.15) is 0 Å². The van der Waals surface area contributed by atoms with Crippen molar-refractivity contribution in [2.45, 2.75) is 51.8 Å². The Kier molecular flexibility index (Phi) is 6.19. The number of carbonyl (C=O) groups is 2. The molecular weight excluding hydrogens is 296 g/mol. The first-order chi connectivity index (χ1) is 11.0. The molecule has 0 radical (unpaired) electrons. The van der Waals surface area contributed by atoms with Crippen LogP contribution in [0.3, 0.4) is 0 Å². The van der Waals surface area contributed by atoms with E-state index < -0.39 is 6.04 Å². The van der Waals surface area contributed by atoms with Crippen LogP contribution in [0.4, 0.5) is 4.79 Å². The molecule has 7 heteroatoms. The first-order valence-electron chi connectivity index (χ1n) is 7.98. The Morgan fingerprint density at radius 2 is 2.26 bits per heavy atom. The van der Waals surface area contributed by atoms with Gasteiger partial charge in [0.05, 0.1) is 6.10 Å². The number of urea groups is 1. The SMILES string of the molecule is CC(C)Oc1ccc(CNC(=O)NC2CCCCNC2=O)cn1. The maximum atomic E-state index is 11.9. The van der Waals surface area contributed by atoms with Crippen molar-refractivity contribution < 1.29 is 14.3 Å². The third-order valence-electron chi connectivity index (χ3n) is 3.45. The number of amides is 3. The molecule has 1 aromatic rings. The summed E-state index contributed by atoms with van der Waals surface area (Å²) in [6, 6.07) is 2.81.